The molecular weight excluding hydrogens is 310 g/mol. The minimum atomic E-state index is 0.907. The van der Waals surface area contributed by atoms with E-state index in [1.54, 1.807) is 0 Å². The van der Waals surface area contributed by atoms with E-state index in [1.807, 2.05) is 0 Å². The lowest BCUT2D eigenvalue weighted by Crippen LogP contribution is -2.18. The summed E-state index contributed by atoms with van der Waals surface area (Å²) >= 11 is 3.45. The molecule has 1 aliphatic rings. The standard InChI is InChI=1S/C18H18BrN/c19-13-5-6-14-20-17-9-3-1-7-15(17)11-12-16-8-2-4-10-18(16)20/h1-10H,11-14H2/b6-5+. The summed E-state index contributed by atoms with van der Waals surface area (Å²) in [6.07, 6.45) is 6.63. The van der Waals surface area contributed by atoms with Gasteiger partial charge in [0, 0.05) is 23.2 Å². The average Bonchev–Trinajstić information content (AvgIpc) is 2.66. The topological polar surface area (TPSA) is 3.24 Å². The number of benzene rings is 2. The van der Waals surface area contributed by atoms with Crippen LogP contribution >= 0.6 is 15.9 Å². The van der Waals surface area contributed by atoms with Crippen molar-refractivity contribution in [1.82, 2.24) is 0 Å². The quantitative estimate of drug-likeness (QED) is 0.574. The van der Waals surface area contributed by atoms with Gasteiger partial charge in [-0.2, -0.15) is 0 Å². The Morgan fingerprint density at radius 3 is 1.95 bits per heavy atom. The molecule has 0 spiro atoms. The van der Waals surface area contributed by atoms with Crippen molar-refractivity contribution < 1.29 is 0 Å². The first-order chi connectivity index (χ1) is 9.90. The van der Waals surface area contributed by atoms with Crippen LogP contribution in [-0.2, 0) is 12.8 Å². The van der Waals surface area contributed by atoms with Crippen molar-refractivity contribution in [2.45, 2.75) is 12.8 Å². The van der Waals surface area contributed by atoms with Gasteiger partial charge in [0.1, 0.15) is 0 Å². The summed E-state index contributed by atoms with van der Waals surface area (Å²) in [4.78, 5) is 2.43. The average molecular weight is 328 g/mol. The van der Waals surface area contributed by atoms with Gasteiger partial charge in [0.15, 0.2) is 0 Å². The summed E-state index contributed by atoms with van der Waals surface area (Å²) in [5, 5.41) is 0.907. The fraction of sp³-hybridized carbons (Fsp3) is 0.222. The number of allylic oxidation sites excluding steroid dienone is 1. The van der Waals surface area contributed by atoms with Crippen molar-refractivity contribution in [3.05, 3.63) is 71.8 Å². The molecule has 20 heavy (non-hydrogen) atoms. The van der Waals surface area contributed by atoms with Crippen molar-refractivity contribution in [1.29, 1.82) is 0 Å². The zero-order valence-corrected chi connectivity index (χ0v) is 13.0. The van der Waals surface area contributed by atoms with Crippen LogP contribution in [0.2, 0.25) is 0 Å². The highest BCUT2D eigenvalue weighted by Gasteiger charge is 2.18. The molecule has 0 amide bonds. The first-order valence-electron chi connectivity index (χ1n) is 7.04. The fourth-order valence-electron chi connectivity index (χ4n) is 2.81. The number of para-hydroxylation sites is 2. The number of hydrogen-bond donors (Lipinski definition) is 0. The van der Waals surface area contributed by atoms with Gasteiger partial charge in [-0.3, -0.25) is 0 Å². The van der Waals surface area contributed by atoms with Gasteiger partial charge in [-0.15, -0.1) is 0 Å². The molecule has 0 atom stereocenters. The molecule has 0 saturated carbocycles. The van der Waals surface area contributed by atoms with Gasteiger partial charge < -0.3 is 4.90 Å². The summed E-state index contributed by atoms with van der Waals surface area (Å²) in [5.74, 6) is 0. The van der Waals surface area contributed by atoms with Gasteiger partial charge in [-0.25, -0.2) is 0 Å². The molecule has 0 aliphatic carbocycles. The first-order valence-corrected chi connectivity index (χ1v) is 8.16. The molecule has 0 N–H and O–H groups in total. The number of aryl methyl sites for hydroxylation is 2. The van der Waals surface area contributed by atoms with Crippen LogP contribution in [0.1, 0.15) is 11.1 Å². The molecule has 0 aromatic heterocycles. The molecule has 1 aliphatic heterocycles. The van der Waals surface area contributed by atoms with E-state index in [0.717, 1.165) is 24.7 Å². The van der Waals surface area contributed by atoms with Crippen molar-refractivity contribution in [2.75, 3.05) is 16.8 Å². The maximum Gasteiger partial charge on any atom is 0.0446 e. The Morgan fingerprint density at radius 1 is 0.850 bits per heavy atom. The third-order valence-corrected chi connectivity index (χ3v) is 4.15. The van der Waals surface area contributed by atoms with E-state index in [1.165, 1.54) is 22.5 Å². The predicted molar refractivity (Wildman–Crippen MR) is 90.2 cm³/mol. The van der Waals surface area contributed by atoms with Gasteiger partial charge >= 0.3 is 0 Å². The number of hydrogen-bond acceptors (Lipinski definition) is 1. The number of rotatable bonds is 3. The minimum absolute atomic E-state index is 0.907. The molecule has 3 rings (SSSR count). The Bertz CT molecular complexity index is 571. The lowest BCUT2D eigenvalue weighted by Gasteiger charge is -2.25. The van der Waals surface area contributed by atoms with Crippen LogP contribution in [0.4, 0.5) is 11.4 Å². The Balaban J connectivity index is 2.06. The monoisotopic (exact) mass is 327 g/mol. The maximum absolute atomic E-state index is 3.45. The van der Waals surface area contributed by atoms with E-state index in [2.05, 4.69) is 81.5 Å². The van der Waals surface area contributed by atoms with Gasteiger partial charge in [0.2, 0.25) is 0 Å². The summed E-state index contributed by atoms with van der Waals surface area (Å²) in [6.45, 7) is 0.916. The first kappa shape index (κ1) is 13.4. The van der Waals surface area contributed by atoms with Crippen LogP contribution in [0.3, 0.4) is 0 Å². The zero-order chi connectivity index (χ0) is 13.8. The highest BCUT2D eigenvalue weighted by molar-refractivity contribution is 9.09. The second kappa shape index (κ2) is 6.27. The highest BCUT2D eigenvalue weighted by atomic mass is 79.9. The Hall–Kier alpha value is -1.54. The van der Waals surface area contributed by atoms with Crippen molar-refractivity contribution >= 4 is 27.3 Å². The van der Waals surface area contributed by atoms with Crippen LogP contribution in [0, 0.1) is 0 Å². The second-order valence-electron chi connectivity index (χ2n) is 4.99. The summed E-state index contributed by atoms with van der Waals surface area (Å²) < 4.78 is 0. The van der Waals surface area contributed by atoms with E-state index in [4.69, 9.17) is 0 Å². The maximum atomic E-state index is 3.45. The Labute approximate surface area is 129 Å². The number of fused-ring (bicyclic) bond motifs is 2. The summed E-state index contributed by atoms with van der Waals surface area (Å²) in [6, 6.07) is 17.5. The van der Waals surface area contributed by atoms with Gasteiger partial charge in [-0.05, 0) is 36.1 Å². The molecule has 102 valence electrons. The SMILES string of the molecule is BrC/C=C/CN1c2ccccc2CCc2ccccc21. The number of anilines is 2. The smallest absolute Gasteiger partial charge is 0.0446 e. The fourth-order valence-corrected chi connectivity index (χ4v) is 3.07. The molecule has 0 bridgehead atoms. The van der Waals surface area contributed by atoms with Crippen LogP contribution in [0.15, 0.2) is 60.7 Å². The third-order valence-electron chi connectivity index (χ3n) is 3.77. The molecule has 0 fully saturated rings. The molecule has 0 saturated heterocycles. The largest absolute Gasteiger partial charge is 0.337 e. The minimum Gasteiger partial charge on any atom is -0.337 e. The normalized spacial score (nSPS) is 13.9. The van der Waals surface area contributed by atoms with Gasteiger partial charge in [0.25, 0.3) is 0 Å². The zero-order valence-electron chi connectivity index (χ0n) is 11.4. The number of halogens is 1. The molecule has 2 heteroatoms. The van der Waals surface area contributed by atoms with Crippen molar-refractivity contribution in [2.24, 2.45) is 0 Å². The Kier molecular flexibility index (Phi) is 4.22. The van der Waals surface area contributed by atoms with Crippen LogP contribution in [-0.4, -0.2) is 11.9 Å². The molecule has 2 aromatic rings. The number of nitrogens with zero attached hydrogens (tertiary/aromatic N) is 1. The summed E-state index contributed by atoms with van der Waals surface area (Å²) in [5.41, 5.74) is 5.57. The molecule has 2 aromatic carbocycles. The third kappa shape index (κ3) is 2.66. The van der Waals surface area contributed by atoms with Gasteiger partial charge in [0.05, 0.1) is 0 Å². The second-order valence-corrected chi connectivity index (χ2v) is 5.64. The van der Waals surface area contributed by atoms with Crippen molar-refractivity contribution in [3.63, 3.8) is 0 Å². The van der Waals surface area contributed by atoms with E-state index >= 15 is 0 Å². The molecule has 0 unspecified atom stereocenters. The van der Waals surface area contributed by atoms with E-state index in [9.17, 15) is 0 Å². The van der Waals surface area contributed by atoms with Crippen LogP contribution in [0.25, 0.3) is 0 Å². The molecule has 1 nitrogen and oxygen atoms in total. The molecular formula is C18H18BrN. The van der Waals surface area contributed by atoms with E-state index < -0.39 is 0 Å². The van der Waals surface area contributed by atoms with Gasteiger partial charge in [-0.1, -0.05) is 64.5 Å². The number of alkyl halides is 1. The van der Waals surface area contributed by atoms with E-state index in [-0.39, 0.29) is 0 Å². The highest BCUT2D eigenvalue weighted by Crippen LogP contribution is 2.35. The predicted octanol–water partition coefficient (Wildman–Crippen LogP) is 4.87. The van der Waals surface area contributed by atoms with Crippen molar-refractivity contribution in [3.8, 4) is 0 Å². The molecule has 1 heterocycles. The lowest BCUT2D eigenvalue weighted by atomic mass is 10.0. The Morgan fingerprint density at radius 2 is 1.40 bits per heavy atom. The molecule has 0 radical (unpaired) electrons. The lowest BCUT2D eigenvalue weighted by molar-refractivity contribution is 0.977. The van der Waals surface area contributed by atoms with E-state index in [0.29, 0.717) is 0 Å². The summed E-state index contributed by atoms with van der Waals surface area (Å²) in [7, 11) is 0. The van der Waals surface area contributed by atoms with Crippen LogP contribution < -0.4 is 4.90 Å². The van der Waals surface area contributed by atoms with Crippen LogP contribution in [0.5, 0.6) is 0 Å².